The van der Waals surface area contributed by atoms with E-state index in [0.717, 1.165) is 11.3 Å². The molecule has 0 atom stereocenters. The maximum Gasteiger partial charge on any atom is 0.127 e. The summed E-state index contributed by atoms with van der Waals surface area (Å²) in [7, 11) is 0. The Labute approximate surface area is 78.9 Å². The van der Waals surface area contributed by atoms with Gasteiger partial charge in [-0.3, -0.25) is 4.98 Å². The molecule has 1 aromatic rings. The Balaban J connectivity index is 2.87. The Morgan fingerprint density at radius 1 is 1.46 bits per heavy atom. The van der Waals surface area contributed by atoms with Gasteiger partial charge in [-0.25, -0.2) is 0 Å². The lowest BCUT2D eigenvalue weighted by Gasteiger charge is -2.22. The monoisotopic (exact) mass is 180 g/mol. The SMILES string of the molecule is CC(C)(C)Oc1ccncc1CN. The minimum atomic E-state index is -0.189. The summed E-state index contributed by atoms with van der Waals surface area (Å²) in [5.41, 5.74) is 6.30. The van der Waals surface area contributed by atoms with Crippen molar-refractivity contribution >= 4 is 0 Å². The first kappa shape index (κ1) is 9.99. The molecule has 0 aliphatic rings. The zero-order valence-corrected chi connectivity index (χ0v) is 8.37. The highest BCUT2D eigenvalue weighted by molar-refractivity contribution is 5.30. The van der Waals surface area contributed by atoms with Crippen LogP contribution in [0.2, 0.25) is 0 Å². The van der Waals surface area contributed by atoms with Gasteiger partial charge >= 0.3 is 0 Å². The summed E-state index contributed by atoms with van der Waals surface area (Å²) in [6.45, 7) is 6.48. The molecule has 0 fully saturated rings. The largest absolute Gasteiger partial charge is 0.488 e. The molecule has 13 heavy (non-hydrogen) atoms. The van der Waals surface area contributed by atoms with Crippen molar-refractivity contribution in [1.82, 2.24) is 4.98 Å². The highest BCUT2D eigenvalue weighted by Gasteiger charge is 2.13. The van der Waals surface area contributed by atoms with E-state index in [-0.39, 0.29) is 5.60 Å². The summed E-state index contributed by atoms with van der Waals surface area (Å²) in [6, 6.07) is 1.84. The lowest BCUT2D eigenvalue weighted by atomic mass is 10.2. The first-order valence-electron chi connectivity index (χ1n) is 4.35. The van der Waals surface area contributed by atoms with Crippen LogP contribution < -0.4 is 10.5 Å². The van der Waals surface area contributed by atoms with Gasteiger partial charge in [0.1, 0.15) is 11.4 Å². The minimum Gasteiger partial charge on any atom is -0.488 e. The summed E-state index contributed by atoms with van der Waals surface area (Å²) in [4.78, 5) is 3.99. The maximum absolute atomic E-state index is 5.70. The molecule has 1 heterocycles. The third-order valence-electron chi connectivity index (χ3n) is 1.49. The van der Waals surface area contributed by atoms with Gasteiger partial charge in [-0.1, -0.05) is 0 Å². The van der Waals surface area contributed by atoms with Gasteiger partial charge in [-0.2, -0.15) is 0 Å². The molecular weight excluding hydrogens is 164 g/mol. The van der Waals surface area contributed by atoms with Gasteiger partial charge in [0.2, 0.25) is 0 Å². The topological polar surface area (TPSA) is 48.1 Å². The molecule has 0 saturated carbocycles. The smallest absolute Gasteiger partial charge is 0.127 e. The van der Waals surface area contributed by atoms with E-state index in [1.165, 1.54) is 0 Å². The molecule has 0 aliphatic carbocycles. The van der Waals surface area contributed by atoms with Gasteiger partial charge in [0.15, 0.2) is 0 Å². The van der Waals surface area contributed by atoms with Crippen LogP contribution in [0.25, 0.3) is 0 Å². The fourth-order valence-electron chi connectivity index (χ4n) is 0.997. The van der Waals surface area contributed by atoms with Crippen molar-refractivity contribution in [3.8, 4) is 5.75 Å². The normalized spacial score (nSPS) is 11.4. The third-order valence-corrected chi connectivity index (χ3v) is 1.49. The number of aromatic nitrogens is 1. The lowest BCUT2D eigenvalue weighted by molar-refractivity contribution is 0.129. The molecular formula is C10H16N2O. The predicted octanol–water partition coefficient (Wildman–Crippen LogP) is 1.72. The number of pyridine rings is 1. The van der Waals surface area contributed by atoms with Crippen molar-refractivity contribution in [3.05, 3.63) is 24.0 Å². The van der Waals surface area contributed by atoms with Gasteiger partial charge in [-0.15, -0.1) is 0 Å². The zero-order valence-electron chi connectivity index (χ0n) is 8.37. The number of rotatable bonds is 2. The van der Waals surface area contributed by atoms with Crippen molar-refractivity contribution in [1.29, 1.82) is 0 Å². The predicted molar refractivity (Wildman–Crippen MR) is 52.5 cm³/mol. The molecule has 0 radical (unpaired) electrons. The van der Waals surface area contributed by atoms with Gasteiger partial charge in [-0.05, 0) is 26.8 Å². The van der Waals surface area contributed by atoms with Crippen LogP contribution in [0.4, 0.5) is 0 Å². The molecule has 0 bridgehead atoms. The Hall–Kier alpha value is -1.09. The van der Waals surface area contributed by atoms with Crippen LogP contribution in [-0.4, -0.2) is 10.6 Å². The van der Waals surface area contributed by atoms with E-state index >= 15 is 0 Å². The Bertz CT molecular complexity index is 278. The summed E-state index contributed by atoms with van der Waals surface area (Å²) >= 11 is 0. The molecule has 1 rings (SSSR count). The number of nitrogens with zero attached hydrogens (tertiary/aromatic N) is 1. The van der Waals surface area contributed by atoms with Crippen molar-refractivity contribution in [3.63, 3.8) is 0 Å². The number of ether oxygens (including phenoxy) is 1. The molecule has 72 valence electrons. The Morgan fingerprint density at radius 2 is 2.15 bits per heavy atom. The number of hydrogen-bond acceptors (Lipinski definition) is 3. The summed E-state index contributed by atoms with van der Waals surface area (Å²) < 4.78 is 5.70. The molecule has 3 heteroatoms. The van der Waals surface area contributed by atoms with Crippen molar-refractivity contribution in [2.24, 2.45) is 5.73 Å². The first-order valence-corrected chi connectivity index (χ1v) is 4.35. The second-order valence-electron chi connectivity index (χ2n) is 3.90. The van der Waals surface area contributed by atoms with Crippen molar-refractivity contribution in [2.45, 2.75) is 32.9 Å². The average Bonchev–Trinajstić information content (AvgIpc) is 2.02. The summed E-state index contributed by atoms with van der Waals surface area (Å²) in [6.07, 6.45) is 3.45. The first-order chi connectivity index (χ1) is 6.03. The number of hydrogen-bond donors (Lipinski definition) is 1. The van der Waals surface area contributed by atoms with E-state index < -0.39 is 0 Å². The molecule has 0 aliphatic heterocycles. The quantitative estimate of drug-likeness (QED) is 0.753. The maximum atomic E-state index is 5.70. The molecule has 0 amide bonds. The second kappa shape index (κ2) is 3.75. The van der Waals surface area contributed by atoms with Crippen LogP contribution in [0.3, 0.4) is 0 Å². The summed E-state index contributed by atoms with van der Waals surface area (Å²) in [5.74, 6) is 0.824. The van der Waals surface area contributed by atoms with E-state index in [4.69, 9.17) is 10.5 Å². The van der Waals surface area contributed by atoms with Gasteiger partial charge < -0.3 is 10.5 Å². The van der Waals surface area contributed by atoms with Crippen LogP contribution in [0.15, 0.2) is 18.5 Å². The lowest BCUT2D eigenvalue weighted by Crippen LogP contribution is -2.24. The average molecular weight is 180 g/mol. The Kier molecular flexibility index (Phi) is 2.88. The van der Waals surface area contributed by atoms with E-state index in [9.17, 15) is 0 Å². The van der Waals surface area contributed by atoms with Crippen molar-refractivity contribution < 1.29 is 4.74 Å². The Morgan fingerprint density at radius 3 is 2.69 bits per heavy atom. The molecule has 3 nitrogen and oxygen atoms in total. The van der Waals surface area contributed by atoms with Crippen LogP contribution in [0, 0.1) is 0 Å². The summed E-state index contributed by atoms with van der Waals surface area (Å²) in [5, 5.41) is 0. The number of nitrogens with two attached hydrogens (primary N) is 1. The van der Waals surface area contributed by atoms with E-state index in [1.807, 2.05) is 26.8 Å². The molecule has 0 spiro atoms. The second-order valence-corrected chi connectivity index (χ2v) is 3.90. The van der Waals surface area contributed by atoms with Crippen LogP contribution >= 0.6 is 0 Å². The fraction of sp³-hybridized carbons (Fsp3) is 0.500. The fourth-order valence-corrected chi connectivity index (χ4v) is 0.997. The van der Waals surface area contributed by atoms with E-state index in [0.29, 0.717) is 6.54 Å². The van der Waals surface area contributed by atoms with Crippen molar-refractivity contribution in [2.75, 3.05) is 0 Å². The molecule has 0 aromatic carbocycles. The van der Waals surface area contributed by atoms with Crippen LogP contribution in [0.1, 0.15) is 26.3 Å². The highest BCUT2D eigenvalue weighted by Crippen LogP contribution is 2.21. The molecule has 1 aromatic heterocycles. The van der Waals surface area contributed by atoms with Gasteiger partial charge in [0.05, 0.1) is 0 Å². The molecule has 2 N–H and O–H groups in total. The molecule has 0 unspecified atom stereocenters. The highest BCUT2D eigenvalue weighted by atomic mass is 16.5. The van der Waals surface area contributed by atoms with Crippen LogP contribution in [0.5, 0.6) is 5.75 Å². The van der Waals surface area contributed by atoms with E-state index in [2.05, 4.69) is 4.98 Å². The van der Waals surface area contributed by atoms with Gasteiger partial charge in [0.25, 0.3) is 0 Å². The third kappa shape index (κ3) is 3.03. The molecule has 0 saturated heterocycles. The zero-order chi connectivity index (χ0) is 9.90. The van der Waals surface area contributed by atoms with Crippen LogP contribution in [-0.2, 0) is 6.54 Å². The van der Waals surface area contributed by atoms with Gasteiger partial charge in [0, 0.05) is 24.5 Å². The van der Waals surface area contributed by atoms with E-state index in [1.54, 1.807) is 12.4 Å². The standard InChI is InChI=1S/C10H16N2O/c1-10(2,3)13-9-4-5-12-7-8(9)6-11/h4-5,7H,6,11H2,1-3H3. The minimum absolute atomic E-state index is 0.189.